The maximum Gasteiger partial charge on any atom is 0.292 e. The molecular formula is C23H23N3O3. The van der Waals surface area contributed by atoms with Crippen molar-refractivity contribution in [3.8, 4) is 0 Å². The fraction of sp³-hybridized carbons (Fsp3) is 0.174. The summed E-state index contributed by atoms with van der Waals surface area (Å²) in [5.41, 5.74) is 3.27. The van der Waals surface area contributed by atoms with Crippen LogP contribution in [0.2, 0.25) is 0 Å². The van der Waals surface area contributed by atoms with Crippen LogP contribution in [0.25, 0.3) is 0 Å². The normalized spacial score (nSPS) is 12.8. The molecule has 3 rings (SSSR count). The number of nitrogens with zero attached hydrogens (tertiary/aromatic N) is 1. The topological polar surface area (TPSA) is 84.3 Å². The summed E-state index contributed by atoms with van der Waals surface area (Å²) in [4.78, 5) is 23.4. The standard InChI is InChI=1S/C23H23N3O3/c1-16-12-14-19(15-13-16)22(18-8-4-3-5-9-18)24-17(2)23(27)25-20-10-6-7-11-21(20)26(28)29/h3-15,17,22,24H,1-2H3,(H,25,27)/t17-,22-/m0/s1. The number of benzene rings is 3. The van der Waals surface area contributed by atoms with Gasteiger partial charge in [-0.3, -0.25) is 20.2 Å². The number of rotatable bonds is 7. The average Bonchev–Trinajstić information content (AvgIpc) is 2.73. The average molecular weight is 389 g/mol. The van der Waals surface area contributed by atoms with Crippen molar-refractivity contribution >= 4 is 17.3 Å². The zero-order chi connectivity index (χ0) is 20.8. The number of anilines is 1. The highest BCUT2D eigenvalue weighted by Gasteiger charge is 2.23. The minimum absolute atomic E-state index is 0.133. The Hall–Kier alpha value is -3.51. The van der Waals surface area contributed by atoms with Gasteiger partial charge in [0.25, 0.3) is 5.69 Å². The Morgan fingerprint density at radius 2 is 1.48 bits per heavy atom. The smallest absolute Gasteiger partial charge is 0.292 e. The van der Waals surface area contributed by atoms with Crippen molar-refractivity contribution in [2.24, 2.45) is 0 Å². The number of hydrogen-bond donors (Lipinski definition) is 2. The molecule has 0 radical (unpaired) electrons. The fourth-order valence-corrected chi connectivity index (χ4v) is 3.09. The van der Waals surface area contributed by atoms with Crippen LogP contribution >= 0.6 is 0 Å². The molecule has 0 saturated heterocycles. The first-order valence-electron chi connectivity index (χ1n) is 9.37. The van der Waals surface area contributed by atoms with Gasteiger partial charge >= 0.3 is 0 Å². The summed E-state index contributed by atoms with van der Waals surface area (Å²) in [6.07, 6.45) is 0. The summed E-state index contributed by atoms with van der Waals surface area (Å²) in [6, 6.07) is 23.3. The number of aryl methyl sites for hydroxylation is 1. The molecule has 0 aliphatic rings. The summed E-state index contributed by atoms with van der Waals surface area (Å²) < 4.78 is 0. The third-order valence-corrected chi connectivity index (χ3v) is 4.71. The van der Waals surface area contributed by atoms with Crippen molar-refractivity contribution in [1.29, 1.82) is 0 Å². The molecule has 0 saturated carbocycles. The minimum Gasteiger partial charge on any atom is -0.319 e. The number of amides is 1. The van der Waals surface area contributed by atoms with Crippen LogP contribution in [-0.4, -0.2) is 16.9 Å². The molecule has 0 heterocycles. The van der Waals surface area contributed by atoms with E-state index in [2.05, 4.69) is 10.6 Å². The zero-order valence-electron chi connectivity index (χ0n) is 16.3. The molecule has 0 aromatic heterocycles. The van der Waals surface area contributed by atoms with E-state index in [0.717, 1.165) is 16.7 Å². The Kier molecular flexibility index (Phi) is 6.36. The molecule has 1 amide bonds. The number of carbonyl (C=O) groups excluding carboxylic acids is 1. The van der Waals surface area contributed by atoms with Crippen LogP contribution in [0, 0.1) is 17.0 Å². The summed E-state index contributed by atoms with van der Waals surface area (Å²) in [5.74, 6) is -0.340. The van der Waals surface area contributed by atoms with E-state index in [9.17, 15) is 14.9 Å². The van der Waals surface area contributed by atoms with Crippen molar-refractivity contribution in [3.05, 3.63) is 106 Å². The first kappa shape index (κ1) is 20.2. The van der Waals surface area contributed by atoms with E-state index in [-0.39, 0.29) is 23.3 Å². The molecule has 2 N–H and O–H groups in total. The van der Waals surface area contributed by atoms with Gasteiger partial charge in [0, 0.05) is 6.07 Å². The van der Waals surface area contributed by atoms with E-state index < -0.39 is 11.0 Å². The van der Waals surface area contributed by atoms with Crippen LogP contribution < -0.4 is 10.6 Å². The van der Waals surface area contributed by atoms with Crippen LogP contribution in [0.5, 0.6) is 0 Å². The molecule has 3 aromatic rings. The lowest BCUT2D eigenvalue weighted by atomic mass is 9.97. The summed E-state index contributed by atoms with van der Waals surface area (Å²) >= 11 is 0. The van der Waals surface area contributed by atoms with Crippen LogP contribution in [0.1, 0.15) is 29.7 Å². The monoisotopic (exact) mass is 389 g/mol. The summed E-state index contributed by atoms with van der Waals surface area (Å²) in [5, 5.41) is 17.2. The predicted molar refractivity (Wildman–Crippen MR) is 114 cm³/mol. The molecule has 6 heteroatoms. The third-order valence-electron chi connectivity index (χ3n) is 4.71. The van der Waals surface area contributed by atoms with Gasteiger partial charge in [0.1, 0.15) is 5.69 Å². The van der Waals surface area contributed by atoms with E-state index in [1.807, 2.05) is 61.5 Å². The molecule has 0 fully saturated rings. The van der Waals surface area contributed by atoms with E-state index in [0.29, 0.717) is 0 Å². The Morgan fingerprint density at radius 1 is 0.897 bits per heavy atom. The van der Waals surface area contributed by atoms with Crippen LogP contribution in [0.3, 0.4) is 0 Å². The van der Waals surface area contributed by atoms with Crippen molar-refractivity contribution < 1.29 is 9.72 Å². The highest BCUT2D eigenvalue weighted by molar-refractivity contribution is 5.96. The molecule has 3 aromatic carbocycles. The molecule has 0 aliphatic carbocycles. The number of nitro groups is 1. The SMILES string of the molecule is Cc1ccc([C@@H](N[C@@H](C)C(=O)Nc2ccccc2[N+](=O)[O-])c2ccccc2)cc1. The Morgan fingerprint density at radius 3 is 2.14 bits per heavy atom. The number of nitrogens with one attached hydrogen (secondary N) is 2. The minimum atomic E-state index is -0.582. The quantitative estimate of drug-likeness (QED) is 0.456. The second-order valence-corrected chi connectivity index (χ2v) is 6.91. The van der Waals surface area contributed by atoms with Gasteiger partial charge in [0.15, 0.2) is 0 Å². The molecular weight excluding hydrogens is 366 g/mol. The molecule has 2 atom stereocenters. The number of nitro benzene ring substituents is 1. The van der Waals surface area contributed by atoms with Crippen molar-refractivity contribution in [2.45, 2.75) is 25.9 Å². The second kappa shape index (κ2) is 9.12. The third kappa shape index (κ3) is 5.06. The lowest BCUT2D eigenvalue weighted by Gasteiger charge is -2.24. The van der Waals surface area contributed by atoms with Gasteiger partial charge in [-0.25, -0.2) is 0 Å². The van der Waals surface area contributed by atoms with E-state index in [4.69, 9.17) is 0 Å². The van der Waals surface area contributed by atoms with E-state index in [1.54, 1.807) is 19.1 Å². The molecule has 0 spiro atoms. The van der Waals surface area contributed by atoms with E-state index >= 15 is 0 Å². The number of hydrogen-bond acceptors (Lipinski definition) is 4. The van der Waals surface area contributed by atoms with Gasteiger partial charge in [-0.15, -0.1) is 0 Å². The lowest BCUT2D eigenvalue weighted by Crippen LogP contribution is -2.40. The van der Waals surface area contributed by atoms with Gasteiger partial charge in [-0.1, -0.05) is 72.3 Å². The molecule has 0 bridgehead atoms. The van der Waals surface area contributed by atoms with Crippen molar-refractivity contribution in [1.82, 2.24) is 5.32 Å². The Labute approximate surface area is 169 Å². The van der Waals surface area contributed by atoms with Gasteiger partial charge in [-0.05, 0) is 31.0 Å². The molecule has 0 aliphatic heterocycles. The summed E-state index contributed by atoms with van der Waals surface area (Å²) in [7, 11) is 0. The molecule has 29 heavy (non-hydrogen) atoms. The number of para-hydroxylation sites is 2. The number of carbonyl (C=O) groups is 1. The predicted octanol–water partition coefficient (Wildman–Crippen LogP) is 4.61. The first-order valence-corrected chi connectivity index (χ1v) is 9.37. The van der Waals surface area contributed by atoms with Gasteiger partial charge in [-0.2, -0.15) is 0 Å². The van der Waals surface area contributed by atoms with Gasteiger partial charge in [0.2, 0.25) is 5.91 Å². The van der Waals surface area contributed by atoms with Crippen molar-refractivity contribution in [2.75, 3.05) is 5.32 Å². The van der Waals surface area contributed by atoms with Crippen molar-refractivity contribution in [3.63, 3.8) is 0 Å². The maximum absolute atomic E-state index is 12.7. The van der Waals surface area contributed by atoms with Crippen LogP contribution in [0.4, 0.5) is 11.4 Å². The molecule has 148 valence electrons. The first-order chi connectivity index (χ1) is 14.0. The molecule has 0 unspecified atom stereocenters. The van der Waals surface area contributed by atoms with Gasteiger partial charge < -0.3 is 5.32 Å². The van der Waals surface area contributed by atoms with Gasteiger partial charge in [0.05, 0.1) is 17.0 Å². The lowest BCUT2D eigenvalue weighted by molar-refractivity contribution is -0.383. The van der Waals surface area contributed by atoms with Crippen LogP contribution in [0.15, 0.2) is 78.9 Å². The largest absolute Gasteiger partial charge is 0.319 e. The van der Waals surface area contributed by atoms with Crippen LogP contribution in [-0.2, 0) is 4.79 Å². The van der Waals surface area contributed by atoms with E-state index in [1.165, 1.54) is 12.1 Å². The molecule has 6 nitrogen and oxygen atoms in total. The summed E-state index contributed by atoms with van der Waals surface area (Å²) in [6.45, 7) is 3.77. The highest BCUT2D eigenvalue weighted by Crippen LogP contribution is 2.25. The Balaban J connectivity index is 1.81. The maximum atomic E-state index is 12.7. The Bertz CT molecular complexity index is 988. The highest BCUT2D eigenvalue weighted by atomic mass is 16.6. The fourth-order valence-electron chi connectivity index (χ4n) is 3.09. The second-order valence-electron chi connectivity index (χ2n) is 6.91. The zero-order valence-corrected chi connectivity index (χ0v) is 16.3.